The molecule has 0 aliphatic rings. The lowest BCUT2D eigenvalue weighted by molar-refractivity contribution is 0.0987. The van der Waals surface area contributed by atoms with Crippen LogP contribution in [0, 0.1) is 5.95 Å². The second-order valence-electron chi connectivity index (χ2n) is 2.76. The average Bonchev–Trinajstić information content (AvgIpc) is 2.18. The summed E-state index contributed by atoms with van der Waals surface area (Å²) in [6.45, 7) is 3.66. The third-order valence-electron chi connectivity index (χ3n) is 1.52. The predicted molar refractivity (Wildman–Crippen MR) is 50.8 cm³/mol. The fraction of sp³-hybridized carbons (Fsp3) is 0.500. The van der Waals surface area contributed by atoms with Crippen molar-refractivity contribution in [1.29, 1.82) is 0 Å². The monoisotopic (exact) mass is 199 g/mol. The molecule has 78 valence electrons. The largest absolute Gasteiger partial charge is 0.475 e. The summed E-state index contributed by atoms with van der Waals surface area (Å²) < 4.78 is 22.9. The van der Waals surface area contributed by atoms with Crippen molar-refractivity contribution in [1.82, 2.24) is 4.98 Å². The van der Waals surface area contributed by atoms with Crippen LogP contribution in [0.4, 0.5) is 4.39 Å². The van der Waals surface area contributed by atoms with Crippen LogP contribution in [0.3, 0.4) is 0 Å². The molecule has 0 spiro atoms. The predicted octanol–water partition coefficient (Wildman–Crippen LogP) is 2.03. The van der Waals surface area contributed by atoms with E-state index in [-0.39, 0.29) is 0 Å². The first-order chi connectivity index (χ1) is 6.83. The van der Waals surface area contributed by atoms with Gasteiger partial charge in [0.2, 0.25) is 11.8 Å². The topological polar surface area (TPSA) is 31.4 Å². The van der Waals surface area contributed by atoms with E-state index in [0.29, 0.717) is 19.1 Å². The molecule has 0 saturated carbocycles. The molecule has 1 aromatic rings. The zero-order chi connectivity index (χ0) is 10.2. The number of rotatable bonds is 6. The van der Waals surface area contributed by atoms with Gasteiger partial charge in [-0.1, -0.05) is 13.0 Å². The molecule has 0 radical (unpaired) electrons. The summed E-state index contributed by atoms with van der Waals surface area (Å²) in [6.07, 6.45) is 0.984. The third-order valence-corrected chi connectivity index (χ3v) is 1.52. The van der Waals surface area contributed by atoms with Crippen molar-refractivity contribution in [2.24, 2.45) is 0 Å². The van der Waals surface area contributed by atoms with Gasteiger partial charge in [-0.25, -0.2) is 0 Å². The van der Waals surface area contributed by atoms with Gasteiger partial charge in [0, 0.05) is 12.7 Å². The van der Waals surface area contributed by atoms with Gasteiger partial charge in [0.1, 0.15) is 6.61 Å². The summed E-state index contributed by atoms with van der Waals surface area (Å²) in [4.78, 5) is 3.55. The maximum Gasteiger partial charge on any atom is 0.216 e. The molecule has 4 heteroatoms. The van der Waals surface area contributed by atoms with Crippen LogP contribution in [0.2, 0.25) is 0 Å². The summed E-state index contributed by atoms with van der Waals surface area (Å²) in [5, 5.41) is 0. The number of hydrogen-bond donors (Lipinski definition) is 0. The van der Waals surface area contributed by atoms with E-state index in [2.05, 4.69) is 4.98 Å². The molecule has 0 atom stereocenters. The van der Waals surface area contributed by atoms with E-state index in [4.69, 9.17) is 9.47 Å². The Hall–Kier alpha value is -1.16. The standard InChI is InChI=1S/C10H14FNO2/c1-2-6-13-7-8-14-10-5-3-4-9(11)12-10/h3-5H,2,6-8H2,1H3. The highest BCUT2D eigenvalue weighted by Gasteiger charge is 1.96. The summed E-state index contributed by atoms with van der Waals surface area (Å²) in [7, 11) is 0. The van der Waals surface area contributed by atoms with Gasteiger partial charge in [0.25, 0.3) is 0 Å². The smallest absolute Gasteiger partial charge is 0.216 e. The SMILES string of the molecule is CCCOCCOc1cccc(F)n1. The lowest BCUT2D eigenvalue weighted by atomic mass is 10.5. The molecule has 0 bridgehead atoms. The lowest BCUT2D eigenvalue weighted by Crippen LogP contribution is -2.08. The number of hydrogen-bond acceptors (Lipinski definition) is 3. The van der Waals surface area contributed by atoms with Crippen LogP contribution < -0.4 is 4.74 Å². The summed E-state index contributed by atoms with van der Waals surface area (Å²) in [6, 6.07) is 4.45. The Bertz CT molecular complexity index is 268. The number of ether oxygens (including phenoxy) is 2. The summed E-state index contributed by atoms with van der Waals surface area (Å²) >= 11 is 0. The molecule has 0 N–H and O–H groups in total. The van der Waals surface area contributed by atoms with Crippen LogP contribution in [0.5, 0.6) is 5.88 Å². The Morgan fingerprint density at radius 3 is 2.86 bits per heavy atom. The quantitative estimate of drug-likeness (QED) is 0.519. The highest BCUT2D eigenvalue weighted by Crippen LogP contribution is 2.05. The first kappa shape index (κ1) is 10.9. The first-order valence-corrected chi connectivity index (χ1v) is 4.66. The molecule has 0 aliphatic carbocycles. The average molecular weight is 199 g/mol. The van der Waals surface area contributed by atoms with Crippen LogP contribution in [0.1, 0.15) is 13.3 Å². The molecule has 3 nitrogen and oxygen atoms in total. The van der Waals surface area contributed by atoms with Crippen molar-refractivity contribution < 1.29 is 13.9 Å². The minimum atomic E-state index is -0.531. The minimum Gasteiger partial charge on any atom is -0.475 e. The minimum absolute atomic E-state index is 0.296. The molecular weight excluding hydrogens is 185 g/mol. The maximum atomic E-state index is 12.6. The molecule has 0 saturated heterocycles. The van der Waals surface area contributed by atoms with Gasteiger partial charge in [0.05, 0.1) is 6.61 Å². The van der Waals surface area contributed by atoms with Crippen LogP contribution in [-0.4, -0.2) is 24.8 Å². The van der Waals surface area contributed by atoms with Gasteiger partial charge in [-0.15, -0.1) is 0 Å². The van der Waals surface area contributed by atoms with E-state index in [9.17, 15) is 4.39 Å². The van der Waals surface area contributed by atoms with E-state index >= 15 is 0 Å². The first-order valence-electron chi connectivity index (χ1n) is 4.66. The van der Waals surface area contributed by atoms with Crippen molar-refractivity contribution in [3.05, 3.63) is 24.1 Å². The Morgan fingerprint density at radius 2 is 2.14 bits per heavy atom. The zero-order valence-electron chi connectivity index (χ0n) is 8.20. The zero-order valence-corrected chi connectivity index (χ0v) is 8.20. The highest BCUT2D eigenvalue weighted by atomic mass is 19.1. The van der Waals surface area contributed by atoms with E-state index in [0.717, 1.165) is 13.0 Å². The molecule has 0 amide bonds. The van der Waals surface area contributed by atoms with Crippen LogP contribution in [0.25, 0.3) is 0 Å². The Labute approximate surface area is 82.9 Å². The van der Waals surface area contributed by atoms with Gasteiger partial charge in [-0.3, -0.25) is 0 Å². The highest BCUT2D eigenvalue weighted by molar-refractivity contribution is 5.10. The van der Waals surface area contributed by atoms with Crippen molar-refractivity contribution in [3.63, 3.8) is 0 Å². The molecular formula is C10H14FNO2. The van der Waals surface area contributed by atoms with Crippen molar-refractivity contribution in [2.45, 2.75) is 13.3 Å². The molecule has 14 heavy (non-hydrogen) atoms. The van der Waals surface area contributed by atoms with Crippen molar-refractivity contribution in [3.8, 4) is 5.88 Å². The van der Waals surface area contributed by atoms with E-state index < -0.39 is 5.95 Å². The summed E-state index contributed by atoms with van der Waals surface area (Å²) in [5.41, 5.74) is 0. The number of halogens is 1. The Morgan fingerprint density at radius 1 is 1.29 bits per heavy atom. The van der Waals surface area contributed by atoms with Crippen LogP contribution in [0.15, 0.2) is 18.2 Å². The molecule has 0 aromatic carbocycles. The van der Waals surface area contributed by atoms with Gasteiger partial charge >= 0.3 is 0 Å². The number of aromatic nitrogens is 1. The van der Waals surface area contributed by atoms with E-state index in [1.54, 1.807) is 12.1 Å². The van der Waals surface area contributed by atoms with Crippen LogP contribution >= 0.6 is 0 Å². The Balaban J connectivity index is 2.18. The van der Waals surface area contributed by atoms with Gasteiger partial charge < -0.3 is 9.47 Å². The summed E-state index contributed by atoms with van der Waals surface area (Å²) in [5.74, 6) is -0.234. The normalized spacial score (nSPS) is 10.1. The van der Waals surface area contributed by atoms with E-state index in [1.165, 1.54) is 6.07 Å². The molecule has 0 aliphatic heterocycles. The van der Waals surface area contributed by atoms with Gasteiger partial charge in [-0.2, -0.15) is 9.37 Å². The Kier molecular flexibility index (Phi) is 4.93. The molecule has 1 heterocycles. The molecule has 0 fully saturated rings. The fourth-order valence-electron chi connectivity index (χ4n) is 0.922. The van der Waals surface area contributed by atoms with E-state index in [1.807, 2.05) is 6.92 Å². The second-order valence-corrected chi connectivity index (χ2v) is 2.76. The van der Waals surface area contributed by atoms with Crippen molar-refractivity contribution >= 4 is 0 Å². The van der Waals surface area contributed by atoms with Crippen molar-refractivity contribution in [2.75, 3.05) is 19.8 Å². The van der Waals surface area contributed by atoms with Crippen LogP contribution in [-0.2, 0) is 4.74 Å². The lowest BCUT2D eigenvalue weighted by Gasteiger charge is -2.05. The fourth-order valence-corrected chi connectivity index (χ4v) is 0.922. The third kappa shape index (κ3) is 4.18. The van der Waals surface area contributed by atoms with Gasteiger partial charge in [-0.05, 0) is 12.5 Å². The molecule has 1 rings (SSSR count). The molecule has 0 unspecified atom stereocenters. The number of pyridine rings is 1. The second kappa shape index (κ2) is 6.32. The number of nitrogens with zero attached hydrogens (tertiary/aromatic N) is 1. The molecule has 1 aromatic heterocycles. The van der Waals surface area contributed by atoms with Gasteiger partial charge in [0.15, 0.2) is 0 Å². The maximum absolute atomic E-state index is 12.6.